The van der Waals surface area contributed by atoms with Crippen LogP contribution in [0.15, 0.2) is 24.3 Å². The molecule has 0 aliphatic heterocycles. The van der Waals surface area contributed by atoms with Crippen molar-refractivity contribution >= 4 is 19.1 Å². The average Bonchev–Trinajstić information content (AvgIpc) is 2.58. The van der Waals surface area contributed by atoms with E-state index in [1.165, 1.54) is 12.1 Å². The number of aliphatic hydroxyl groups is 3. The molecule has 0 spiro atoms. The molecule has 150 valence electrons. The third kappa shape index (κ3) is 68.1. The molecular formula is C17H34F3GeHfO3-. The Hall–Kier alpha value is 0.433. The normalized spacial score (nSPS) is 11.5. The number of hydrogen-bond donors (Lipinski definition) is 3. The van der Waals surface area contributed by atoms with Gasteiger partial charge in [0.15, 0.2) is 0 Å². The zero-order valence-corrected chi connectivity index (χ0v) is 22.5. The van der Waals surface area contributed by atoms with E-state index in [1.54, 1.807) is 62.3 Å². The molecule has 1 rings (SSSR count). The van der Waals surface area contributed by atoms with Crippen LogP contribution in [0.5, 0.6) is 0 Å². The second kappa shape index (κ2) is 13.6. The van der Waals surface area contributed by atoms with E-state index in [4.69, 9.17) is 15.3 Å². The zero-order valence-electron chi connectivity index (χ0n) is 16.8. The summed E-state index contributed by atoms with van der Waals surface area (Å²) >= 11 is -5.94. The summed E-state index contributed by atoms with van der Waals surface area (Å²) in [7, 11) is 0. The van der Waals surface area contributed by atoms with Gasteiger partial charge in [-0.05, 0) is 62.3 Å². The molecule has 0 aliphatic rings. The Labute approximate surface area is 173 Å². The quantitative estimate of drug-likeness (QED) is 0.343. The van der Waals surface area contributed by atoms with Gasteiger partial charge in [0.25, 0.3) is 0 Å². The van der Waals surface area contributed by atoms with Crippen LogP contribution in [0.4, 0.5) is 10.5 Å². The minimum atomic E-state index is -5.94. The van der Waals surface area contributed by atoms with E-state index in [-0.39, 0.29) is 25.8 Å². The molecule has 1 aromatic rings. The van der Waals surface area contributed by atoms with Crippen molar-refractivity contribution in [2.45, 2.75) is 79.1 Å². The molecule has 1 aromatic carbocycles. The topological polar surface area (TPSA) is 60.7 Å². The Morgan fingerprint density at radius 2 is 0.800 bits per heavy atom. The largest absolute Gasteiger partial charge is 0 e. The van der Waals surface area contributed by atoms with Gasteiger partial charge in [0.2, 0.25) is 0 Å². The Balaban J connectivity index is -0.000000122. The van der Waals surface area contributed by atoms with E-state index >= 15 is 0 Å². The SMILES string of the molecule is CC(C)(C)O.CC(C)(C)O.CC(C)(C)O.[F][Ge]([F])([F])[c-]1cccc1.[Hf]. The van der Waals surface area contributed by atoms with Gasteiger partial charge in [-0.3, -0.25) is 0 Å². The molecule has 0 aromatic heterocycles. The monoisotopic (exact) mass is 597 g/mol. The molecule has 0 radical (unpaired) electrons. The van der Waals surface area contributed by atoms with Gasteiger partial charge in [0.05, 0.1) is 16.8 Å². The predicted octanol–water partition coefficient (Wildman–Crippen LogP) is 3.79. The molecule has 0 aliphatic carbocycles. The first-order valence-corrected chi connectivity index (χ1v) is 11.0. The summed E-state index contributed by atoms with van der Waals surface area (Å²) in [6.07, 6.45) is 0. The van der Waals surface area contributed by atoms with E-state index < -0.39 is 35.9 Å². The predicted molar refractivity (Wildman–Crippen MR) is 96.7 cm³/mol. The first-order valence-electron chi connectivity index (χ1n) is 7.57. The maximum Gasteiger partial charge on any atom is 0 e. The first-order chi connectivity index (χ1) is 10.1. The molecular weight excluding hydrogens is 560 g/mol. The van der Waals surface area contributed by atoms with Crippen LogP contribution >= 0.6 is 0 Å². The molecule has 25 heavy (non-hydrogen) atoms. The summed E-state index contributed by atoms with van der Waals surface area (Å²) in [6.45, 7) is 15.7. The van der Waals surface area contributed by atoms with E-state index in [1.807, 2.05) is 0 Å². The second-order valence-electron chi connectivity index (χ2n) is 8.18. The van der Waals surface area contributed by atoms with Crippen molar-refractivity contribution in [1.82, 2.24) is 0 Å². The molecule has 8 heteroatoms. The van der Waals surface area contributed by atoms with Crippen molar-refractivity contribution in [3.63, 3.8) is 0 Å². The summed E-state index contributed by atoms with van der Waals surface area (Å²) in [4.78, 5) is 0. The molecule has 0 heterocycles. The van der Waals surface area contributed by atoms with Gasteiger partial charge in [0.1, 0.15) is 0 Å². The van der Waals surface area contributed by atoms with E-state index in [9.17, 15) is 10.5 Å². The molecule has 3 nitrogen and oxygen atoms in total. The number of rotatable bonds is 1. The molecule has 3 N–H and O–H groups in total. The second-order valence-corrected chi connectivity index (χ2v) is 11.5. The van der Waals surface area contributed by atoms with Crippen molar-refractivity contribution in [2.75, 3.05) is 0 Å². The van der Waals surface area contributed by atoms with Crippen LogP contribution in [0.3, 0.4) is 0 Å². The molecule has 0 atom stereocenters. The van der Waals surface area contributed by atoms with Crippen molar-refractivity contribution in [3.05, 3.63) is 24.3 Å². The van der Waals surface area contributed by atoms with Crippen LogP contribution in [-0.4, -0.2) is 46.8 Å². The number of hydrogen-bond acceptors (Lipinski definition) is 3. The summed E-state index contributed by atoms with van der Waals surface area (Å²) in [6, 6.07) is 5.07. The fourth-order valence-electron chi connectivity index (χ4n) is 0.563. The van der Waals surface area contributed by atoms with Crippen molar-refractivity contribution in [1.29, 1.82) is 0 Å². The Morgan fingerprint density at radius 1 is 0.640 bits per heavy atom. The van der Waals surface area contributed by atoms with Crippen LogP contribution in [0.25, 0.3) is 0 Å². The van der Waals surface area contributed by atoms with Crippen LogP contribution in [0, 0.1) is 0 Å². The molecule has 0 unspecified atom stereocenters. The van der Waals surface area contributed by atoms with Gasteiger partial charge >= 0.3 is 53.8 Å². The third-order valence-corrected chi connectivity index (χ3v) is 3.06. The Morgan fingerprint density at radius 3 is 0.880 bits per heavy atom. The third-order valence-electron chi connectivity index (χ3n) is 0.990. The number of halogens is 3. The summed E-state index contributed by atoms with van der Waals surface area (Å²) < 4.78 is 35.0. The van der Waals surface area contributed by atoms with Crippen LogP contribution in [0.2, 0.25) is 0 Å². The van der Waals surface area contributed by atoms with Crippen LogP contribution in [-0.2, 0) is 25.8 Å². The Bertz CT molecular complexity index is 354. The van der Waals surface area contributed by atoms with E-state index in [0.29, 0.717) is 0 Å². The fourth-order valence-corrected chi connectivity index (χ4v) is 1.76. The molecule has 0 fully saturated rings. The average molecular weight is 595 g/mol. The maximum absolute atomic E-state index is 11.8. The molecule has 0 amide bonds. The first kappa shape index (κ1) is 33.1. The van der Waals surface area contributed by atoms with Gasteiger partial charge < -0.3 is 15.3 Å². The van der Waals surface area contributed by atoms with E-state index in [2.05, 4.69) is 0 Å². The van der Waals surface area contributed by atoms with Gasteiger partial charge in [-0.15, -0.1) is 0 Å². The van der Waals surface area contributed by atoms with Crippen LogP contribution in [0.1, 0.15) is 62.3 Å². The Kier molecular flexibility index (Phi) is 18.0. The summed E-state index contributed by atoms with van der Waals surface area (Å²) in [5.41, 5.74) is -1.50. The van der Waals surface area contributed by atoms with E-state index in [0.717, 1.165) is 12.1 Å². The summed E-state index contributed by atoms with van der Waals surface area (Å²) in [5, 5.41) is 25.6. The zero-order chi connectivity index (χ0) is 20.4. The van der Waals surface area contributed by atoms with Gasteiger partial charge in [-0.25, -0.2) is 0 Å². The minimum absolute atomic E-state index is 0. The van der Waals surface area contributed by atoms with Gasteiger partial charge in [-0.2, -0.15) is 0 Å². The van der Waals surface area contributed by atoms with Crippen molar-refractivity contribution in [3.8, 4) is 0 Å². The molecule has 0 bridgehead atoms. The smallest absolute Gasteiger partial charge is 0 e. The standard InChI is InChI=1S/C5H4F3Ge.3C4H10O.Hf/c6-9(7,8)5-3-1-2-4-5;3*1-4(2,3)5;/h1-4H;3*5H,1-3H3;/q-1;;;;. The fraction of sp³-hybridized carbons (Fsp3) is 0.706. The van der Waals surface area contributed by atoms with Crippen LogP contribution < -0.4 is 4.40 Å². The van der Waals surface area contributed by atoms with Crippen molar-refractivity contribution in [2.24, 2.45) is 0 Å². The molecule has 0 saturated heterocycles. The van der Waals surface area contributed by atoms with Crippen molar-refractivity contribution < 1.29 is 51.7 Å². The maximum atomic E-state index is 11.8. The molecule has 0 saturated carbocycles. The van der Waals surface area contributed by atoms with Gasteiger partial charge in [0, 0.05) is 25.8 Å². The minimum Gasteiger partial charge on any atom is 0 e. The summed E-state index contributed by atoms with van der Waals surface area (Å²) in [5.74, 6) is 0. The van der Waals surface area contributed by atoms with Gasteiger partial charge in [-0.1, -0.05) is 0 Å².